The monoisotopic (exact) mass is 279 g/mol. The third-order valence-electron chi connectivity index (χ3n) is 4.33. The molecule has 1 fully saturated rings. The molecule has 2 atom stereocenters. The zero-order chi connectivity index (χ0) is 14.8. The summed E-state index contributed by atoms with van der Waals surface area (Å²) in [5.41, 5.74) is 5.82. The number of aryl methyl sites for hydroxylation is 1. The van der Waals surface area contributed by atoms with Crippen LogP contribution < -0.4 is 16.0 Å². The van der Waals surface area contributed by atoms with E-state index in [1.807, 2.05) is 20.0 Å². The van der Waals surface area contributed by atoms with E-state index in [0.717, 1.165) is 48.4 Å². The Morgan fingerprint density at radius 1 is 1.55 bits per heavy atom. The van der Waals surface area contributed by atoms with E-state index >= 15 is 0 Å². The summed E-state index contributed by atoms with van der Waals surface area (Å²) in [5.74, 6) is 6.65. The molecule has 5 nitrogen and oxygen atoms in total. The van der Waals surface area contributed by atoms with Crippen molar-refractivity contribution in [2.75, 3.05) is 13.7 Å². The minimum atomic E-state index is -0.221. The summed E-state index contributed by atoms with van der Waals surface area (Å²) < 4.78 is 11.3. The van der Waals surface area contributed by atoms with E-state index in [2.05, 4.69) is 17.3 Å². The summed E-state index contributed by atoms with van der Waals surface area (Å²) in [5, 5.41) is 0. The molecule has 1 aromatic rings. The van der Waals surface area contributed by atoms with Gasteiger partial charge < -0.3 is 9.47 Å². The maximum absolute atomic E-state index is 5.88. The van der Waals surface area contributed by atoms with Crippen LogP contribution in [0.1, 0.15) is 36.6 Å². The van der Waals surface area contributed by atoms with Gasteiger partial charge in [-0.25, -0.2) is 0 Å². The summed E-state index contributed by atoms with van der Waals surface area (Å²) in [7, 11) is 1.69. The molecule has 1 aliphatic heterocycles. The second kappa shape index (κ2) is 6.08. The molecule has 3 N–H and O–H groups in total. The molecule has 0 aromatic carbocycles. The topological polar surface area (TPSA) is 69.4 Å². The number of nitrogens with two attached hydrogens (primary N) is 1. The molecule has 0 saturated carbocycles. The highest BCUT2D eigenvalue weighted by molar-refractivity contribution is 5.41. The molecule has 20 heavy (non-hydrogen) atoms. The summed E-state index contributed by atoms with van der Waals surface area (Å²) in [6.45, 7) is 6.96. The van der Waals surface area contributed by atoms with Gasteiger partial charge in [0.25, 0.3) is 0 Å². The Hall–Kier alpha value is -1.17. The molecule has 1 saturated heterocycles. The fraction of sp³-hybridized carbons (Fsp3) is 0.667. The summed E-state index contributed by atoms with van der Waals surface area (Å²) in [6.07, 6.45) is 4.68. The molecular weight excluding hydrogens is 254 g/mol. The van der Waals surface area contributed by atoms with E-state index in [4.69, 9.17) is 15.3 Å². The van der Waals surface area contributed by atoms with Gasteiger partial charge in [0, 0.05) is 36.0 Å². The number of hydrogen-bond acceptors (Lipinski definition) is 5. The molecule has 5 heteroatoms. The summed E-state index contributed by atoms with van der Waals surface area (Å²) in [6, 6.07) is 0.0450. The number of methoxy groups -OCH3 is 1. The fourth-order valence-corrected chi connectivity index (χ4v) is 3.00. The molecule has 112 valence electrons. The molecule has 2 unspecified atom stereocenters. The Morgan fingerprint density at radius 3 is 2.85 bits per heavy atom. The molecular formula is C15H25N3O2. The Balaban J connectivity index is 2.24. The van der Waals surface area contributed by atoms with Crippen LogP contribution in [-0.4, -0.2) is 30.3 Å². The molecule has 2 heterocycles. The minimum absolute atomic E-state index is 0.0450. The van der Waals surface area contributed by atoms with Crippen LogP contribution in [0.3, 0.4) is 0 Å². The van der Waals surface area contributed by atoms with Crippen molar-refractivity contribution in [1.29, 1.82) is 0 Å². The van der Waals surface area contributed by atoms with Crippen LogP contribution in [0, 0.1) is 13.8 Å². The zero-order valence-electron chi connectivity index (χ0n) is 12.8. The predicted octanol–water partition coefficient (Wildman–Crippen LogP) is 1.65. The number of hydrazine groups is 1. The average Bonchev–Trinajstić information content (AvgIpc) is 2.86. The van der Waals surface area contributed by atoms with Crippen LogP contribution in [0.2, 0.25) is 0 Å². The van der Waals surface area contributed by atoms with E-state index in [9.17, 15) is 0 Å². The van der Waals surface area contributed by atoms with Crippen molar-refractivity contribution in [2.45, 2.75) is 51.7 Å². The van der Waals surface area contributed by atoms with Crippen molar-refractivity contribution >= 4 is 0 Å². The van der Waals surface area contributed by atoms with Crippen LogP contribution in [-0.2, 0) is 11.2 Å². The van der Waals surface area contributed by atoms with Gasteiger partial charge in [0.2, 0.25) is 0 Å². The van der Waals surface area contributed by atoms with E-state index in [0.29, 0.717) is 0 Å². The number of nitrogens with one attached hydrogen (secondary N) is 1. The van der Waals surface area contributed by atoms with E-state index in [-0.39, 0.29) is 11.6 Å². The van der Waals surface area contributed by atoms with Crippen molar-refractivity contribution < 1.29 is 9.47 Å². The molecule has 0 aliphatic carbocycles. The predicted molar refractivity (Wildman–Crippen MR) is 78.7 cm³/mol. The van der Waals surface area contributed by atoms with Crippen molar-refractivity contribution in [1.82, 2.24) is 10.4 Å². The van der Waals surface area contributed by atoms with Gasteiger partial charge in [-0.05, 0) is 33.6 Å². The normalized spacial score (nSPS) is 23.9. The lowest BCUT2D eigenvalue weighted by molar-refractivity contribution is -0.0118. The third-order valence-corrected chi connectivity index (χ3v) is 4.33. The van der Waals surface area contributed by atoms with Crippen LogP contribution in [0.4, 0.5) is 0 Å². The second-order valence-corrected chi connectivity index (χ2v) is 5.73. The molecule has 0 spiro atoms. The van der Waals surface area contributed by atoms with Gasteiger partial charge in [-0.1, -0.05) is 0 Å². The first-order valence-electron chi connectivity index (χ1n) is 7.11. The number of pyridine rings is 1. The highest BCUT2D eigenvalue weighted by atomic mass is 16.5. The summed E-state index contributed by atoms with van der Waals surface area (Å²) >= 11 is 0. The maximum Gasteiger partial charge on any atom is 0.128 e. The highest BCUT2D eigenvalue weighted by Crippen LogP contribution is 2.31. The molecule has 0 radical (unpaired) electrons. The van der Waals surface area contributed by atoms with E-state index in [1.54, 1.807) is 7.11 Å². The van der Waals surface area contributed by atoms with Gasteiger partial charge >= 0.3 is 0 Å². The van der Waals surface area contributed by atoms with Gasteiger partial charge in [0.05, 0.1) is 18.8 Å². The van der Waals surface area contributed by atoms with Crippen LogP contribution >= 0.6 is 0 Å². The van der Waals surface area contributed by atoms with Gasteiger partial charge in [-0.15, -0.1) is 0 Å². The van der Waals surface area contributed by atoms with Crippen LogP contribution in [0.25, 0.3) is 0 Å². The lowest BCUT2D eigenvalue weighted by Gasteiger charge is -2.33. The lowest BCUT2D eigenvalue weighted by atomic mass is 9.89. The first kappa shape index (κ1) is 15.2. The summed E-state index contributed by atoms with van der Waals surface area (Å²) in [4.78, 5) is 4.55. The molecule has 0 amide bonds. The molecule has 0 bridgehead atoms. The smallest absolute Gasteiger partial charge is 0.128 e. The van der Waals surface area contributed by atoms with Gasteiger partial charge in [-0.2, -0.15) is 0 Å². The average molecular weight is 279 g/mol. The molecule has 2 rings (SSSR count). The van der Waals surface area contributed by atoms with E-state index < -0.39 is 0 Å². The van der Waals surface area contributed by atoms with Crippen molar-refractivity contribution in [2.24, 2.45) is 5.84 Å². The Bertz CT molecular complexity index is 470. The van der Waals surface area contributed by atoms with Crippen molar-refractivity contribution in [3.05, 3.63) is 23.0 Å². The molecule has 1 aliphatic rings. The number of nitrogens with zero attached hydrogens (tertiary/aromatic N) is 1. The SMILES string of the molecule is COc1c(C)cnc(CC(NN)C2(C)CCCO2)c1C. The number of hydrogen-bond donors (Lipinski definition) is 2. The first-order valence-corrected chi connectivity index (χ1v) is 7.11. The largest absolute Gasteiger partial charge is 0.496 e. The maximum atomic E-state index is 5.88. The number of aromatic nitrogens is 1. The van der Waals surface area contributed by atoms with Crippen molar-refractivity contribution in [3.63, 3.8) is 0 Å². The number of rotatable bonds is 5. The Morgan fingerprint density at radius 2 is 2.30 bits per heavy atom. The fourth-order valence-electron chi connectivity index (χ4n) is 3.00. The lowest BCUT2D eigenvalue weighted by Crippen LogP contribution is -2.52. The Labute approximate surface area is 120 Å². The highest BCUT2D eigenvalue weighted by Gasteiger charge is 2.38. The van der Waals surface area contributed by atoms with Crippen molar-refractivity contribution in [3.8, 4) is 5.75 Å². The minimum Gasteiger partial charge on any atom is -0.496 e. The second-order valence-electron chi connectivity index (χ2n) is 5.73. The van der Waals surface area contributed by atoms with Crippen LogP contribution in [0.15, 0.2) is 6.20 Å². The van der Waals surface area contributed by atoms with Crippen LogP contribution in [0.5, 0.6) is 5.75 Å². The standard InChI is InChI=1S/C15H25N3O2/c1-10-9-17-12(11(2)14(10)19-4)8-13(18-16)15(3)6-5-7-20-15/h9,13,18H,5-8,16H2,1-4H3. The molecule has 1 aromatic heterocycles. The van der Waals surface area contributed by atoms with Gasteiger partial charge in [0.15, 0.2) is 0 Å². The van der Waals surface area contributed by atoms with Gasteiger partial charge in [-0.3, -0.25) is 16.3 Å². The van der Waals surface area contributed by atoms with Gasteiger partial charge in [0.1, 0.15) is 5.75 Å². The Kier molecular flexibility index (Phi) is 4.62. The third kappa shape index (κ3) is 2.80. The quantitative estimate of drug-likeness (QED) is 0.633. The number of ether oxygens (including phenoxy) is 2. The van der Waals surface area contributed by atoms with E-state index in [1.165, 1.54) is 0 Å². The first-order chi connectivity index (χ1) is 9.51. The zero-order valence-corrected chi connectivity index (χ0v) is 12.8.